The molecule has 0 aromatic carbocycles. The fourth-order valence-electron chi connectivity index (χ4n) is 1.98. The van der Waals surface area contributed by atoms with Gasteiger partial charge in [-0.15, -0.1) is 0 Å². The van der Waals surface area contributed by atoms with Gasteiger partial charge in [0.1, 0.15) is 11.6 Å². The van der Waals surface area contributed by atoms with Gasteiger partial charge in [-0.25, -0.2) is 9.59 Å². The van der Waals surface area contributed by atoms with Gasteiger partial charge in [0.2, 0.25) is 0 Å². The second-order valence-corrected chi connectivity index (χ2v) is 6.21. The van der Waals surface area contributed by atoms with Gasteiger partial charge in [-0.2, -0.15) is 0 Å². The van der Waals surface area contributed by atoms with Crippen LogP contribution >= 0.6 is 0 Å². The van der Waals surface area contributed by atoms with Crippen molar-refractivity contribution in [3.8, 4) is 0 Å². The molecule has 24 heavy (non-hydrogen) atoms. The molecule has 0 radical (unpaired) electrons. The summed E-state index contributed by atoms with van der Waals surface area (Å²) < 4.78 is 15.1. The Balaban J connectivity index is 5.06. The third kappa shape index (κ3) is 9.34. The Labute approximate surface area is 143 Å². The van der Waals surface area contributed by atoms with Crippen molar-refractivity contribution in [2.45, 2.75) is 59.1 Å². The van der Waals surface area contributed by atoms with Crippen molar-refractivity contribution in [1.29, 1.82) is 0 Å². The summed E-state index contributed by atoms with van der Waals surface area (Å²) in [5.41, 5.74) is 4.82. The molecule has 0 aliphatic heterocycles. The first-order valence-electron chi connectivity index (χ1n) is 8.17. The second-order valence-electron chi connectivity index (χ2n) is 6.21. The van der Waals surface area contributed by atoms with Gasteiger partial charge in [0.15, 0.2) is 0 Å². The summed E-state index contributed by atoms with van der Waals surface area (Å²) in [7, 11) is 0. The predicted octanol–water partition coefficient (Wildman–Crippen LogP) is 1.36. The molecule has 0 saturated heterocycles. The van der Waals surface area contributed by atoms with Crippen molar-refractivity contribution in [3.63, 3.8) is 0 Å². The van der Waals surface area contributed by atoms with Gasteiger partial charge in [0, 0.05) is 0 Å². The maximum atomic E-state index is 12.1. The Morgan fingerprint density at radius 3 is 2.04 bits per heavy atom. The second kappa shape index (κ2) is 10.9. The zero-order valence-corrected chi connectivity index (χ0v) is 15.2. The molecule has 0 aromatic rings. The molecule has 0 fully saturated rings. The molecule has 0 rings (SSSR count). The minimum Gasteiger partial charge on any atom is -0.466 e. The molecule has 1 unspecified atom stereocenters. The number of nitrogens with one attached hydrogen (secondary N) is 1. The number of carbonyl (C=O) groups is 3. The minimum atomic E-state index is -1.01. The van der Waals surface area contributed by atoms with Crippen LogP contribution in [0.4, 0.5) is 4.79 Å². The van der Waals surface area contributed by atoms with E-state index in [0.717, 1.165) is 0 Å². The SMILES string of the molecule is CCOC(=O)C(CCN)C[C@H](NC(=O)OC(C)(C)C)C(=O)OCC. The number of amides is 1. The molecule has 0 spiro atoms. The average molecular weight is 346 g/mol. The number of hydrogen-bond donors (Lipinski definition) is 2. The van der Waals surface area contributed by atoms with Crippen LogP contribution in [0.3, 0.4) is 0 Å². The van der Waals surface area contributed by atoms with Crippen molar-refractivity contribution >= 4 is 18.0 Å². The van der Waals surface area contributed by atoms with Gasteiger partial charge in [-0.05, 0) is 54.0 Å². The van der Waals surface area contributed by atoms with E-state index >= 15 is 0 Å². The van der Waals surface area contributed by atoms with E-state index < -0.39 is 35.6 Å². The fourth-order valence-corrected chi connectivity index (χ4v) is 1.98. The highest BCUT2D eigenvalue weighted by Crippen LogP contribution is 2.15. The number of rotatable bonds is 9. The third-order valence-electron chi connectivity index (χ3n) is 2.92. The van der Waals surface area contributed by atoms with Gasteiger partial charge in [-0.1, -0.05) is 0 Å². The van der Waals surface area contributed by atoms with Crippen LogP contribution in [0.15, 0.2) is 0 Å². The number of hydrogen-bond acceptors (Lipinski definition) is 7. The molecule has 2 atom stereocenters. The smallest absolute Gasteiger partial charge is 0.408 e. The van der Waals surface area contributed by atoms with Crippen LogP contribution in [0.2, 0.25) is 0 Å². The summed E-state index contributed by atoms with van der Waals surface area (Å²) >= 11 is 0. The number of esters is 2. The van der Waals surface area contributed by atoms with Crippen LogP contribution in [-0.4, -0.2) is 49.4 Å². The minimum absolute atomic E-state index is 0.0358. The Hall–Kier alpha value is -1.83. The number of alkyl carbamates (subject to hydrolysis) is 1. The Kier molecular flexibility index (Phi) is 10.0. The normalized spacial score (nSPS) is 13.6. The Morgan fingerprint density at radius 1 is 1.04 bits per heavy atom. The van der Waals surface area contributed by atoms with E-state index in [1.54, 1.807) is 34.6 Å². The largest absolute Gasteiger partial charge is 0.466 e. The quantitative estimate of drug-likeness (QED) is 0.478. The van der Waals surface area contributed by atoms with Crippen LogP contribution in [0.1, 0.15) is 47.5 Å². The molecule has 0 aromatic heterocycles. The summed E-state index contributed by atoms with van der Waals surface area (Å²) in [6.07, 6.45) is -0.380. The molecule has 140 valence electrons. The summed E-state index contributed by atoms with van der Waals surface area (Å²) in [6.45, 7) is 9.12. The van der Waals surface area contributed by atoms with E-state index in [0.29, 0.717) is 6.42 Å². The lowest BCUT2D eigenvalue weighted by molar-refractivity contribution is -0.150. The Morgan fingerprint density at radius 2 is 1.58 bits per heavy atom. The molecular weight excluding hydrogens is 316 g/mol. The van der Waals surface area contributed by atoms with Crippen molar-refractivity contribution in [3.05, 3.63) is 0 Å². The van der Waals surface area contributed by atoms with Crippen molar-refractivity contribution < 1.29 is 28.6 Å². The van der Waals surface area contributed by atoms with Crippen LogP contribution < -0.4 is 11.1 Å². The molecule has 8 nitrogen and oxygen atoms in total. The first kappa shape index (κ1) is 22.2. The average Bonchev–Trinajstić information content (AvgIpc) is 2.44. The Bertz CT molecular complexity index is 419. The highest BCUT2D eigenvalue weighted by molar-refractivity contribution is 5.82. The van der Waals surface area contributed by atoms with Crippen molar-refractivity contribution in [1.82, 2.24) is 5.32 Å². The zero-order valence-electron chi connectivity index (χ0n) is 15.2. The molecule has 0 aliphatic carbocycles. The van der Waals surface area contributed by atoms with E-state index in [2.05, 4.69) is 5.32 Å². The molecule has 3 N–H and O–H groups in total. The van der Waals surface area contributed by atoms with E-state index in [1.807, 2.05) is 0 Å². The van der Waals surface area contributed by atoms with E-state index in [-0.39, 0.29) is 26.2 Å². The van der Waals surface area contributed by atoms with Crippen molar-refractivity contribution in [2.24, 2.45) is 11.7 Å². The fraction of sp³-hybridized carbons (Fsp3) is 0.812. The van der Waals surface area contributed by atoms with Crippen LogP contribution in [0, 0.1) is 5.92 Å². The maximum absolute atomic E-state index is 12.1. The van der Waals surface area contributed by atoms with E-state index in [9.17, 15) is 14.4 Å². The van der Waals surface area contributed by atoms with Crippen LogP contribution in [-0.2, 0) is 23.8 Å². The first-order valence-corrected chi connectivity index (χ1v) is 8.17. The topological polar surface area (TPSA) is 117 Å². The lowest BCUT2D eigenvalue weighted by atomic mass is 9.96. The third-order valence-corrected chi connectivity index (χ3v) is 2.92. The molecule has 0 saturated carbocycles. The van der Waals surface area contributed by atoms with Crippen molar-refractivity contribution in [2.75, 3.05) is 19.8 Å². The van der Waals surface area contributed by atoms with E-state index in [1.165, 1.54) is 0 Å². The molecule has 0 heterocycles. The predicted molar refractivity (Wildman–Crippen MR) is 88.2 cm³/mol. The number of carbonyl (C=O) groups excluding carboxylic acids is 3. The van der Waals surface area contributed by atoms with Crippen LogP contribution in [0.25, 0.3) is 0 Å². The highest BCUT2D eigenvalue weighted by atomic mass is 16.6. The molecule has 0 aliphatic rings. The molecule has 1 amide bonds. The summed E-state index contributed by atoms with van der Waals surface area (Å²) in [6, 6.07) is -1.01. The monoisotopic (exact) mass is 346 g/mol. The van der Waals surface area contributed by atoms with Gasteiger partial charge in [-0.3, -0.25) is 4.79 Å². The van der Waals surface area contributed by atoms with Crippen LogP contribution in [0.5, 0.6) is 0 Å². The standard InChI is InChI=1S/C16H30N2O6/c1-6-22-13(19)11(8-9-17)10-12(14(20)23-7-2)18-15(21)24-16(3,4)5/h11-12H,6-10,17H2,1-5H3,(H,18,21)/t11?,12-/m0/s1. The molecular formula is C16H30N2O6. The van der Waals surface area contributed by atoms with Gasteiger partial charge in [0.25, 0.3) is 0 Å². The summed E-state index contributed by atoms with van der Waals surface area (Å²) in [4.78, 5) is 36.0. The summed E-state index contributed by atoms with van der Waals surface area (Å²) in [5, 5.41) is 2.46. The highest BCUT2D eigenvalue weighted by Gasteiger charge is 2.31. The van der Waals surface area contributed by atoms with Gasteiger partial charge < -0.3 is 25.3 Å². The summed E-state index contributed by atoms with van der Waals surface area (Å²) in [5.74, 6) is -1.70. The number of nitrogens with two attached hydrogens (primary N) is 1. The zero-order chi connectivity index (χ0) is 18.8. The number of ether oxygens (including phenoxy) is 3. The first-order chi connectivity index (χ1) is 11.1. The molecule has 8 heteroatoms. The maximum Gasteiger partial charge on any atom is 0.408 e. The van der Waals surface area contributed by atoms with Gasteiger partial charge in [0.05, 0.1) is 19.1 Å². The lowest BCUT2D eigenvalue weighted by Crippen LogP contribution is -2.46. The lowest BCUT2D eigenvalue weighted by Gasteiger charge is -2.24. The van der Waals surface area contributed by atoms with E-state index in [4.69, 9.17) is 19.9 Å². The molecule has 0 bridgehead atoms. The van der Waals surface area contributed by atoms with Gasteiger partial charge >= 0.3 is 18.0 Å².